The van der Waals surface area contributed by atoms with Crippen molar-refractivity contribution in [2.24, 2.45) is 41.4 Å². The maximum atomic E-state index is 12.6. The molecule has 0 radical (unpaired) electrons. The summed E-state index contributed by atoms with van der Waals surface area (Å²) in [7, 11) is 0. The highest BCUT2D eigenvalue weighted by Gasteiger charge is 2.58. The van der Waals surface area contributed by atoms with Gasteiger partial charge in [-0.3, -0.25) is 19.3 Å². The van der Waals surface area contributed by atoms with E-state index in [9.17, 15) is 14.4 Å². The van der Waals surface area contributed by atoms with Crippen molar-refractivity contribution >= 4 is 17.7 Å². The molecule has 1 heterocycles. The summed E-state index contributed by atoms with van der Waals surface area (Å²) in [5, 5.41) is 3.04. The van der Waals surface area contributed by atoms with Gasteiger partial charge in [-0.1, -0.05) is 18.6 Å². The zero-order chi connectivity index (χ0) is 17.1. The smallest absolute Gasteiger partial charge is 0.233 e. The number of nitrogens with zero attached hydrogens (tertiary/aromatic N) is 1. The Labute approximate surface area is 148 Å². The van der Waals surface area contributed by atoms with Gasteiger partial charge in [0.2, 0.25) is 17.7 Å². The van der Waals surface area contributed by atoms with Crippen molar-refractivity contribution in [1.29, 1.82) is 0 Å². The highest BCUT2D eigenvalue weighted by molar-refractivity contribution is 6.06. The van der Waals surface area contributed by atoms with Crippen LogP contribution in [0.2, 0.25) is 0 Å². The quantitative estimate of drug-likeness (QED) is 0.470. The van der Waals surface area contributed by atoms with Gasteiger partial charge in [0, 0.05) is 19.0 Å². The van der Waals surface area contributed by atoms with E-state index in [0.717, 1.165) is 18.8 Å². The minimum absolute atomic E-state index is 0.0197. The minimum atomic E-state index is -0.105. The van der Waals surface area contributed by atoms with Crippen molar-refractivity contribution < 1.29 is 14.4 Å². The molecular weight excluding hydrogens is 316 g/mol. The van der Waals surface area contributed by atoms with Gasteiger partial charge < -0.3 is 5.32 Å². The molecule has 3 amide bonds. The van der Waals surface area contributed by atoms with Crippen LogP contribution in [0, 0.1) is 41.4 Å². The van der Waals surface area contributed by atoms with E-state index >= 15 is 0 Å². The number of imide groups is 1. The minimum Gasteiger partial charge on any atom is -0.356 e. The van der Waals surface area contributed by atoms with Gasteiger partial charge in [-0.25, -0.2) is 0 Å². The summed E-state index contributed by atoms with van der Waals surface area (Å²) >= 11 is 0. The predicted molar refractivity (Wildman–Crippen MR) is 91.0 cm³/mol. The molecule has 0 unspecified atom stereocenters. The van der Waals surface area contributed by atoms with E-state index in [2.05, 4.69) is 17.5 Å². The lowest BCUT2D eigenvalue weighted by Gasteiger charge is -2.21. The third-order valence-corrected chi connectivity index (χ3v) is 7.49. The number of nitrogens with one attached hydrogen (secondary N) is 1. The first-order valence-corrected chi connectivity index (χ1v) is 9.94. The maximum Gasteiger partial charge on any atom is 0.233 e. The molecule has 1 N–H and O–H groups in total. The summed E-state index contributed by atoms with van der Waals surface area (Å²) in [6, 6.07) is 0. The average molecular weight is 342 g/mol. The van der Waals surface area contributed by atoms with Crippen molar-refractivity contribution in [3.8, 4) is 0 Å². The molecule has 1 aliphatic heterocycles. The molecule has 5 aliphatic rings. The molecule has 5 heteroatoms. The molecule has 5 rings (SSSR count). The third-order valence-electron chi connectivity index (χ3n) is 7.49. The molecule has 3 saturated carbocycles. The zero-order valence-corrected chi connectivity index (χ0v) is 14.5. The molecule has 4 fully saturated rings. The zero-order valence-electron chi connectivity index (χ0n) is 14.5. The lowest BCUT2D eigenvalue weighted by molar-refractivity contribution is -0.140. The van der Waals surface area contributed by atoms with Crippen LogP contribution >= 0.6 is 0 Å². The largest absolute Gasteiger partial charge is 0.356 e. The second-order valence-corrected chi connectivity index (χ2v) is 8.75. The Kier molecular flexibility index (Phi) is 3.54. The number of hydrogen-bond donors (Lipinski definition) is 1. The van der Waals surface area contributed by atoms with Gasteiger partial charge in [0.15, 0.2) is 0 Å². The van der Waals surface area contributed by atoms with E-state index in [1.807, 2.05) is 0 Å². The van der Waals surface area contributed by atoms with E-state index in [4.69, 9.17) is 0 Å². The van der Waals surface area contributed by atoms with Crippen molar-refractivity contribution in [2.75, 3.05) is 13.1 Å². The molecule has 0 aromatic heterocycles. The average Bonchev–Trinajstić information content (AvgIpc) is 3.40. The number of carbonyl (C=O) groups excluding carboxylic acids is 3. The first-order valence-electron chi connectivity index (χ1n) is 9.94. The monoisotopic (exact) mass is 342 g/mol. The van der Waals surface area contributed by atoms with E-state index in [-0.39, 0.29) is 47.3 Å². The summed E-state index contributed by atoms with van der Waals surface area (Å²) in [6.45, 7) is 1.01. The van der Waals surface area contributed by atoms with Gasteiger partial charge in [0.05, 0.1) is 11.8 Å². The SMILES string of the molecule is O=C(NCCCN1C(=O)[C@H]2[C@H](C1=O)[C@H]1C=C[C@H]2C1)[C@H]1C[C@H]2CC[C@H]1C2. The first kappa shape index (κ1) is 15.6. The van der Waals surface area contributed by atoms with Crippen LogP contribution in [0.15, 0.2) is 12.2 Å². The van der Waals surface area contributed by atoms with Crippen molar-refractivity contribution in [3.63, 3.8) is 0 Å². The number of fused-ring (bicyclic) bond motifs is 7. The topological polar surface area (TPSA) is 66.5 Å². The molecule has 7 atom stereocenters. The fourth-order valence-corrected chi connectivity index (χ4v) is 6.33. The van der Waals surface area contributed by atoms with Crippen LogP contribution in [0.25, 0.3) is 0 Å². The standard InChI is InChI=1S/C20H26N2O3/c23-18(15-9-11-2-3-12(15)8-11)21-6-1-7-22-19(24)16-13-4-5-14(10-13)17(16)20(22)25/h4-5,11-17H,1-3,6-10H2,(H,21,23)/t11-,12-,13-,14-,15-,16+,17+/m0/s1. The third kappa shape index (κ3) is 2.31. The number of allylic oxidation sites excluding steroid dienone is 2. The fourth-order valence-electron chi connectivity index (χ4n) is 6.33. The van der Waals surface area contributed by atoms with Gasteiger partial charge in [-0.2, -0.15) is 0 Å². The van der Waals surface area contributed by atoms with Gasteiger partial charge in [0.25, 0.3) is 0 Å². The summed E-state index contributed by atoms with van der Waals surface area (Å²) in [6.07, 6.45) is 10.7. The highest BCUT2D eigenvalue weighted by Crippen LogP contribution is 2.52. The number of carbonyl (C=O) groups is 3. The number of amides is 3. The molecule has 0 aromatic carbocycles. The van der Waals surface area contributed by atoms with Crippen LogP contribution in [0.4, 0.5) is 0 Å². The second kappa shape index (κ2) is 5.68. The van der Waals surface area contributed by atoms with Crippen LogP contribution < -0.4 is 5.32 Å². The van der Waals surface area contributed by atoms with E-state index < -0.39 is 0 Å². The highest BCUT2D eigenvalue weighted by atomic mass is 16.2. The fraction of sp³-hybridized carbons (Fsp3) is 0.750. The summed E-state index contributed by atoms with van der Waals surface area (Å²) in [5.74, 6) is 2.12. The number of likely N-dealkylation sites (tertiary alicyclic amines) is 1. The predicted octanol–water partition coefficient (Wildman–Crippen LogP) is 1.74. The van der Waals surface area contributed by atoms with Crippen LogP contribution in [-0.4, -0.2) is 35.7 Å². The molecule has 4 aliphatic carbocycles. The Hall–Kier alpha value is -1.65. The lowest BCUT2D eigenvalue weighted by atomic mass is 9.85. The van der Waals surface area contributed by atoms with Crippen molar-refractivity contribution in [3.05, 3.63) is 12.2 Å². The maximum absolute atomic E-state index is 12.6. The molecule has 0 spiro atoms. The van der Waals surface area contributed by atoms with Crippen LogP contribution in [0.5, 0.6) is 0 Å². The summed E-state index contributed by atoms with van der Waals surface area (Å²) in [4.78, 5) is 39.0. The second-order valence-electron chi connectivity index (χ2n) is 8.75. The Morgan fingerprint density at radius 2 is 1.76 bits per heavy atom. The van der Waals surface area contributed by atoms with Crippen molar-refractivity contribution in [2.45, 2.75) is 38.5 Å². The van der Waals surface area contributed by atoms with Gasteiger partial charge in [-0.05, 0) is 55.8 Å². The molecule has 1 saturated heterocycles. The molecule has 5 nitrogen and oxygen atoms in total. The Balaban J connectivity index is 1.11. The Morgan fingerprint density at radius 3 is 2.36 bits per heavy atom. The Bertz CT molecular complexity index is 627. The van der Waals surface area contributed by atoms with Gasteiger partial charge in [-0.15, -0.1) is 0 Å². The van der Waals surface area contributed by atoms with Crippen LogP contribution in [0.3, 0.4) is 0 Å². The van der Waals surface area contributed by atoms with Crippen LogP contribution in [0.1, 0.15) is 38.5 Å². The van der Waals surface area contributed by atoms with Gasteiger partial charge >= 0.3 is 0 Å². The van der Waals surface area contributed by atoms with Gasteiger partial charge in [0.1, 0.15) is 0 Å². The molecule has 134 valence electrons. The van der Waals surface area contributed by atoms with E-state index in [0.29, 0.717) is 25.4 Å². The molecule has 0 aromatic rings. The first-order chi connectivity index (χ1) is 12.1. The lowest BCUT2D eigenvalue weighted by Crippen LogP contribution is -2.38. The van der Waals surface area contributed by atoms with Crippen molar-refractivity contribution in [1.82, 2.24) is 10.2 Å². The summed E-state index contributed by atoms with van der Waals surface area (Å²) < 4.78 is 0. The molecular formula is C20H26N2O3. The molecule has 4 bridgehead atoms. The number of rotatable bonds is 5. The normalized spacial score (nSPS) is 43.4. The molecule has 25 heavy (non-hydrogen) atoms. The Morgan fingerprint density at radius 1 is 1.04 bits per heavy atom. The van der Waals surface area contributed by atoms with E-state index in [1.54, 1.807) is 0 Å². The van der Waals surface area contributed by atoms with Crippen LogP contribution in [-0.2, 0) is 14.4 Å². The van der Waals surface area contributed by atoms with E-state index in [1.165, 1.54) is 24.2 Å². The summed E-state index contributed by atoms with van der Waals surface area (Å²) in [5.41, 5.74) is 0. The number of hydrogen-bond acceptors (Lipinski definition) is 3.